The maximum Gasteiger partial charge on any atom is 0.254 e. The van der Waals surface area contributed by atoms with Gasteiger partial charge in [0, 0.05) is 25.0 Å². The van der Waals surface area contributed by atoms with Gasteiger partial charge in [-0.15, -0.1) is 0 Å². The maximum atomic E-state index is 12.1. The van der Waals surface area contributed by atoms with Crippen LogP contribution in [0.5, 0.6) is 0 Å². The van der Waals surface area contributed by atoms with Crippen molar-refractivity contribution in [2.75, 3.05) is 18.4 Å². The van der Waals surface area contributed by atoms with Crippen LogP contribution in [0, 0.1) is 11.3 Å². The molecule has 3 N–H and O–H groups in total. The number of nitrogens with zero attached hydrogens (tertiary/aromatic N) is 4. The Morgan fingerprint density at radius 3 is 2.59 bits per heavy atom. The largest absolute Gasteiger partial charge is 0.365 e. The number of nitrogens with one attached hydrogen (secondary N) is 1. The van der Waals surface area contributed by atoms with Gasteiger partial charge >= 0.3 is 0 Å². The number of anilines is 2. The predicted octanol–water partition coefficient (Wildman–Crippen LogP) is 2.53. The number of likely N-dealkylation sites (tertiary alicyclic amines) is 1. The van der Waals surface area contributed by atoms with Crippen LogP contribution in [0.25, 0.3) is 0 Å². The van der Waals surface area contributed by atoms with E-state index >= 15 is 0 Å². The zero-order valence-corrected chi connectivity index (χ0v) is 16.3. The van der Waals surface area contributed by atoms with E-state index in [0.29, 0.717) is 31.7 Å². The predicted molar refractivity (Wildman–Crippen MR) is 109 cm³/mol. The number of carbonyl (C=O) groups is 2. The minimum atomic E-state index is -0.595. The second-order valence-electron chi connectivity index (χ2n) is 7.08. The number of piperidine rings is 1. The van der Waals surface area contributed by atoms with Crippen molar-refractivity contribution >= 4 is 23.3 Å². The lowest BCUT2D eigenvalue weighted by Gasteiger charge is -2.40. The van der Waals surface area contributed by atoms with E-state index in [1.54, 1.807) is 28.8 Å². The van der Waals surface area contributed by atoms with Gasteiger partial charge in [-0.1, -0.05) is 24.3 Å². The second kappa shape index (κ2) is 8.61. The number of benzene rings is 1. The van der Waals surface area contributed by atoms with Crippen molar-refractivity contribution in [3.63, 3.8) is 0 Å². The van der Waals surface area contributed by atoms with Crippen LogP contribution in [-0.2, 0) is 10.3 Å². The lowest BCUT2D eigenvalue weighted by atomic mass is 9.85. The van der Waals surface area contributed by atoms with Crippen LogP contribution in [-0.4, -0.2) is 39.6 Å². The summed E-state index contributed by atoms with van der Waals surface area (Å²) < 4.78 is 1.68. The lowest BCUT2D eigenvalue weighted by molar-refractivity contribution is -0.128. The van der Waals surface area contributed by atoms with Gasteiger partial charge in [0.05, 0.1) is 18.0 Å². The Labute approximate surface area is 169 Å². The molecule has 0 bridgehead atoms. The van der Waals surface area contributed by atoms with Crippen LogP contribution in [0.1, 0.15) is 36.5 Å². The first-order valence-electron chi connectivity index (χ1n) is 9.49. The maximum absolute atomic E-state index is 12.1. The first kappa shape index (κ1) is 20.1. The molecular formula is C21H24N6O2. The molecule has 0 aliphatic carbocycles. The summed E-state index contributed by atoms with van der Waals surface area (Å²) in [4.78, 5) is 25.9. The lowest BCUT2D eigenvalue weighted by Crippen LogP contribution is -2.47. The summed E-state index contributed by atoms with van der Waals surface area (Å²) in [5.74, 6) is -0.279. The monoisotopic (exact) mass is 392 g/mol. The smallest absolute Gasteiger partial charge is 0.254 e. The molecular weight excluding hydrogens is 368 g/mol. The number of hydrogen-bond donors (Lipinski definition) is 2. The number of allylic oxidation sites excluding steroid dienone is 1. The summed E-state index contributed by atoms with van der Waals surface area (Å²) in [6, 6.07) is 11.6. The molecule has 8 nitrogen and oxygen atoms in total. The third kappa shape index (κ3) is 4.29. The summed E-state index contributed by atoms with van der Waals surface area (Å²) in [7, 11) is 0. The normalized spacial score (nSPS) is 15.8. The fraction of sp³-hybridized carbons (Fsp3) is 0.333. The molecule has 1 aliphatic rings. The quantitative estimate of drug-likeness (QED) is 0.733. The Kier molecular flexibility index (Phi) is 5.98. The molecule has 2 amide bonds. The highest BCUT2D eigenvalue weighted by molar-refractivity contribution is 5.98. The van der Waals surface area contributed by atoms with Gasteiger partial charge in [-0.3, -0.25) is 14.3 Å². The van der Waals surface area contributed by atoms with Gasteiger partial charge in [0.15, 0.2) is 5.82 Å². The van der Waals surface area contributed by atoms with Gasteiger partial charge in [0.1, 0.15) is 5.56 Å². The van der Waals surface area contributed by atoms with Crippen LogP contribution in [0.2, 0.25) is 0 Å². The van der Waals surface area contributed by atoms with Crippen molar-refractivity contribution in [2.45, 2.75) is 31.7 Å². The number of amides is 2. The zero-order valence-electron chi connectivity index (χ0n) is 16.3. The Morgan fingerprint density at radius 2 is 2.00 bits per heavy atom. The molecule has 1 aromatic heterocycles. The van der Waals surface area contributed by atoms with Gasteiger partial charge in [-0.05, 0) is 38.0 Å². The molecule has 29 heavy (non-hydrogen) atoms. The Hall–Kier alpha value is -3.60. The van der Waals surface area contributed by atoms with Crippen LogP contribution in [0.4, 0.5) is 11.5 Å². The third-order valence-corrected chi connectivity index (χ3v) is 5.23. The minimum absolute atomic E-state index is 0.0391. The molecule has 2 heterocycles. The molecule has 0 atom stereocenters. The average Bonchev–Trinajstić information content (AvgIpc) is 3.14. The summed E-state index contributed by atoms with van der Waals surface area (Å²) >= 11 is 0. The number of nitriles is 1. The number of carbonyl (C=O) groups excluding carboxylic acids is 2. The van der Waals surface area contributed by atoms with E-state index in [4.69, 9.17) is 5.73 Å². The molecule has 3 rings (SSSR count). The van der Waals surface area contributed by atoms with Crippen molar-refractivity contribution < 1.29 is 9.59 Å². The van der Waals surface area contributed by atoms with Gasteiger partial charge in [0.2, 0.25) is 5.91 Å². The molecule has 0 radical (unpaired) electrons. The van der Waals surface area contributed by atoms with E-state index in [2.05, 4.69) is 16.5 Å². The topological polar surface area (TPSA) is 117 Å². The molecule has 2 aromatic rings. The average molecular weight is 392 g/mol. The van der Waals surface area contributed by atoms with Crippen molar-refractivity contribution in [3.05, 3.63) is 54.2 Å². The van der Waals surface area contributed by atoms with E-state index in [0.717, 1.165) is 5.69 Å². The standard InChI is InChI=1S/C21H24N6O2/c1-2-6-18(28)26-13-10-21(9-12-22,11-14-26)27-15-17(19(23)29)20(25-27)24-16-7-4-3-5-8-16/h2-8,15H,9-11,13-14H2,1H3,(H2,23,29)(H,24,25). The molecule has 1 fully saturated rings. The molecule has 0 unspecified atom stereocenters. The van der Waals surface area contributed by atoms with Crippen molar-refractivity contribution in [2.24, 2.45) is 5.73 Å². The number of nitrogens with two attached hydrogens (primary N) is 1. The van der Waals surface area contributed by atoms with E-state index in [1.165, 1.54) is 6.08 Å². The summed E-state index contributed by atoms with van der Waals surface area (Å²) in [5, 5.41) is 17.1. The number of para-hydroxylation sites is 1. The minimum Gasteiger partial charge on any atom is -0.365 e. The fourth-order valence-electron chi connectivity index (χ4n) is 3.57. The van der Waals surface area contributed by atoms with Crippen LogP contribution >= 0.6 is 0 Å². The van der Waals surface area contributed by atoms with Crippen molar-refractivity contribution in [3.8, 4) is 6.07 Å². The summed E-state index contributed by atoms with van der Waals surface area (Å²) in [6.45, 7) is 2.83. The van der Waals surface area contributed by atoms with Crippen molar-refractivity contribution in [1.29, 1.82) is 5.26 Å². The van der Waals surface area contributed by atoms with Crippen molar-refractivity contribution in [1.82, 2.24) is 14.7 Å². The number of rotatable bonds is 6. The Balaban J connectivity index is 1.90. The van der Waals surface area contributed by atoms with Gasteiger partial charge in [0.25, 0.3) is 5.91 Å². The first-order valence-corrected chi connectivity index (χ1v) is 9.49. The Bertz CT molecular complexity index is 949. The molecule has 8 heteroatoms. The zero-order chi connectivity index (χ0) is 20.9. The Morgan fingerprint density at radius 1 is 1.31 bits per heavy atom. The fourth-order valence-corrected chi connectivity index (χ4v) is 3.57. The molecule has 0 saturated carbocycles. The van der Waals surface area contributed by atoms with Crippen LogP contribution in [0.3, 0.4) is 0 Å². The van der Waals surface area contributed by atoms with E-state index in [1.807, 2.05) is 30.3 Å². The summed E-state index contributed by atoms with van der Waals surface area (Å²) in [5.41, 5.74) is 6.01. The molecule has 0 spiro atoms. The van der Waals surface area contributed by atoms with Gasteiger partial charge in [-0.25, -0.2) is 0 Å². The highest BCUT2D eigenvalue weighted by atomic mass is 16.2. The summed E-state index contributed by atoms with van der Waals surface area (Å²) in [6.07, 6.45) is 6.21. The van der Waals surface area contributed by atoms with E-state index < -0.39 is 11.4 Å². The SMILES string of the molecule is CC=CC(=O)N1CCC(CC#N)(n2cc(C(N)=O)c(Nc3ccccc3)n2)CC1. The number of hydrogen-bond acceptors (Lipinski definition) is 5. The molecule has 1 aliphatic heterocycles. The third-order valence-electron chi connectivity index (χ3n) is 5.23. The van der Waals surface area contributed by atoms with Gasteiger partial charge in [-0.2, -0.15) is 10.4 Å². The second-order valence-corrected chi connectivity index (χ2v) is 7.08. The van der Waals surface area contributed by atoms with E-state index in [9.17, 15) is 14.9 Å². The van der Waals surface area contributed by atoms with Crippen LogP contribution in [0.15, 0.2) is 48.7 Å². The molecule has 1 saturated heterocycles. The van der Waals surface area contributed by atoms with Gasteiger partial charge < -0.3 is 16.0 Å². The number of aromatic nitrogens is 2. The molecule has 1 aromatic carbocycles. The number of primary amides is 1. The highest BCUT2D eigenvalue weighted by Crippen LogP contribution is 2.35. The highest BCUT2D eigenvalue weighted by Gasteiger charge is 2.39. The first-order chi connectivity index (χ1) is 14.0. The van der Waals surface area contributed by atoms with E-state index in [-0.39, 0.29) is 17.9 Å². The van der Waals surface area contributed by atoms with Crippen LogP contribution < -0.4 is 11.1 Å². The molecule has 150 valence electrons.